The van der Waals surface area contributed by atoms with Crippen LogP contribution in [0.2, 0.25) is 0 Å². The van der Waals surface area contributed by atoms with Gasteiger partial charge in [-0.15, -0.1) is 0 Å². The Bertz CT molecular complexity index is 892. The molecule has 5 N–H and O–H groups in total. The first-order valence-corrected chi connectivity index (χ1v) is 9.15. The van der Waals surface area contributed by atoms with Gasteiger partial charge in [0.05, 0.1) is 5.52 Å². The molecule has 0 saturated heterocycles. The lowest BCUT2D eigenvalue weighted by molar-refractivity contribution is 0.363. The monoisotopic (exact) mass is 366 g/mol. The molecule has 0 fully saturated rings. The van der Waals surface area contributed by atoms with Gasteiger partial charge in [-0.1, -0.05) is 30.3 Å². The lowest BCUT2D eigenvalue weighted by atomic mass is 10.2. The molecule has 0 saturated carbocycles. The Hall–Kier alpha value is -2.45. The third kappa shape index (κ3) is 4.80. The highest BCUT2D eigenvalue weighted by atomic mass is 32.2. The predicted molar refractivity (Wildman–Crippen MR) is 110 cm³/mol. The fourth-order valence-corrected chi connectivity index (χ4v) is 2.78. The number of hydrazine groups is 1. The molecule has 1 aromatic heterocycles. The van der Waals surface area contributed by atoms with E-state index in [-0.39, 0.29) is 0 Å². The molecule has 0 unspecified atom stereocenters. The quantitative estimate of drug-likeness (QED) is 0.336. The first kappa shape index (κ1) is 18.3. The highest BCUT2D eigenvalue weighted by molar-refractivity contribution is 7.97. The molecule has 7 heteroatoms. The lowest BCUT2D eigenvalue weighted by Crippen LogP contribution is -2.31. The van der Waals surface area contributed by atoms with Crippen LogP contribution in [0.15, 0.2) is 53.4 Å². The summed E-state index contributed by atoms with van der Waals surface area (Å²) in [5.41, 5.74) is 1.97. The van der Waals surface area contributed by atoms with E-state index in [9.17, 15) is 0 Å². The molecule has 6 nitrogen and oxygen atoms in total. The number of anilines is 1. The normalized spacial score (nSPS) is 11.5. The van der Waals surface area contributed by atoms with Gasteiger partial charge in [-0.05, 0) is 47.9 Å². The van der Waals surface area contributed by atoms with Crippen LogP contribution >= 0.6 is 11.9 Å². The van der Waals surface area contributed by atoms with Crippen molar-refractivity contribution in [3.8, 4) is 0 Å². The topological polar surface area (TPSA) is 93.1 Å². The number of benzene rings is 2. The van der Waals surface area contributed by atoms with E-state index in [1.165, 1.54) is 11.9 Å². The second-order valence-corrected chi connectivity index (χ2v) is 6.58. The van der Waals surface area contributed by atoms with Crippen molar-refractivity contribution in [2.24, 2.45) is 11.0 Å². The molecule has 0 aliphatic heterocycles. The molecule has 0 bridgehead atoms. The van der Waals surface area contributed by atoms with Crippen LogP contribution in [0.4, 0.5) is 5.82 Å². The number of aromatic nitrogens is 2. The summed E-state index contributed by atoms with van der Waals surface area (Å²) in [7, 11) is 1.84. The molecule has 0 aliphatic rings. The number of likely N-dealkylation sites (N-methyl/N-ethyl adjacent to an activating group) is 1. The van der Waals surface area contributed by atoms with Crippen molar-refractivity contribution < 1.29 is 0 Å². The highest BCUT2D eigenvalue weighted by Gasteiger charge is 2.06. The maximum atomic E-state index is 5.67. The van der Waals surface area contributed by atoms with Crippen LogP contribution in [0, 0.1) is 0 Å². The molecule has 0 radical (unpaired) electrons. The average Bonchev–Trinajstić information content (AvgIpc) is 2.66. The molecule has 26 heavy (non-hydrogen) atoms. The lowest BCUT2D eigenvalue weighted by Gasteiger charge is -2.12. The summed E-state index contributed by atoms with van der Waals surface area (Å²) in [5, 5.41) is 11.5. The third-order valence-electron chi connectivity index (χ3n) is 3.82. The molecule has 3 aromatic rings. The molecule has 0 amide bonds. The zero-order valence-electron chi connectivity index (χ0n) is 14.6. The first-order chi connectivity index (χ1) is 12.7. The maximum Gasteiger partial charge on any atom is 0.154 e. The van der Waals surface area contributed by atoms with Crippen molar-refractivity contribution in [2.45, 2.75) is 4.90 Å². The van der Waals surface area contributed by atoms with Crippen LogP contribution in [0.1, 0.15) is 11.4 Å². The van der Waals surface area contributed by atoms with Crippen molar-refractivity contribution in [3.05, 3.63) is 59.9 Å². The molecular weight excluding hydrogens is 344 g/mol. The van der Waals surface area contributed by atoms with Crippen molar-refractivity contribution in [1.29, 1.82) is 0 Å². The minimum atomic E-state index is 0.657. The zero-order chi connectivity index (χ0) is 18.4. The molecule has 3 rings (SSSR count). The zero-order valence-corrected chi connectivity index (χ0v) is 15.4. The number of rotatable bonds is 7. The van der Waals surface area contributed by atoms with E-state index < -0.39 is 0 Å². The van der Waals surface area contributed by atoms with Crippen molar-refractivity contribution in [1.82, 2.24) is 15.0 Å². The van der Waals surface area contributed by atoms with Crippen LogP contribution in [0.25, 0.3) is 23.1 Å². The number of nitrogens with one attached hydrogen (secondary N) is 1. The largest absolute Gasteiger partial charge is 0.368 e. The van der Waals surface area contributed by atoms with Gasteiger partial charge >= 0.3 is 0 Å². The van der Waals surface area contributed by atoms with E-state index >= 15 is 0 Å². The Morgan fingerprint density at radius 3 is 2.58 bits per heavy atom. The first-order valence-electron chi connectivity index (χ1n) is 8.27. The van der Waals surface area contributed by atoms with E-state index in [1.54, 1.807) is 5.01 Å². The van der Waals surface area contributed by atoms with E-state index in [1.807, 2.05) is 67.7 Å². The molecule has 134 valence electrons. The summed E-state index contributed by atoms with van der Waals surface area (Å²) < 4.78 is 0. The summed E-state index contributed by atoms with van der Waals surface area (Å²) in [6.45, 7) is 1.42. The standard InChI is InChI=1S/C19H22N6S/c1-25(20)13-12-22-19-16-4-2-3-5-17(16)23-18(24-19)11-8-14-6-9-15(26-21)10-7-14/h2-11H,12-13,20-21H2,1H3,(H,22,23,24)/b11-8+. The van der Waals surface area contributed by atoms with Gasteiger partial charge < -0.3 is 5.32 Å². The van der Waals surface area contributed by atoms with Crippen LogP contribution in [-0.2, 0) is 0 Å². The van der Waals surface area contributed by atoms with Crippen LogP contribution < -0.4 is 16.3 Å². The average molecular weight is 366 g/mol. The third-order valence-corrected chi connectivity index (χ3v) is 4.36. The van der Waals surface area contributed by atoms with E-state index in [0.717, 1.165) is 33.7 Å². The Kier molecular flexibility index (Phi) is 6.19. The molecule has 0 atom stereocenters. The van der Waals surface area contributed by atoms with E-state index in [2.05, 4.69) is 15.3 Å². The van der Waals surface area contributed by atoms with Gasteiger partial charge in [-0.25, -0.2) is 15.0 Å². The van der Waals surface area contributed by atoms with Crippen molar-refractivity contribution in [3.63, 3.8) is 0 Å². The molecule has 2 aromatic carbocycles. The number of hydrogen-bond acceptors (Lipinski definition) is 7. The molecule has 0 aliphatic carbocycles. The molecule has 1 heterocycles. The smallest absolute Gasteiger partial charge is 0.154 e. The number of hydrogen-bond donors (Lipinski definition) is 3. The van der Waals surface area contributed by atoms with Crippen LogP contribution in [0.5, 0.6) is 0 Å². The van der Waals surface area contributed by atoms with Gasteiger partial charge in [-0.3, -0.25) is 11.0 Å². The van der Waals surface area contributed by atoms with Gasteiger partial charge in [0.15, 0.2) is 5.82 Å². The Morgan fingerprint density at radius 2 is 1.85 bits per heavy atom. The van der Waals surface area contributed by atoms with Gasteiger partial charge in [-0.2, -0.15) is 0 Å². The Balaban J connectivity index is 1.86. The predicted octanol–water partition coefficient (Wildman–Crippen LogP) is 2.98. The summed E-state index contributed by atoms with van der Waals surface area (Å²) in [4.78, 5) is 10.3. The fraction of sp³-hybridized carbons (Fsp3) is 0.158. The summed E-state index contributed by atoms with van der Waals surface area (Å²) in [6, 6.07) is 16.0. The van der Waals surface area contributed by atoms with Gasteiger partial charge in [0.1, 0.15) is 5.82 Å². The minimum Gasteiger partial charge on any atom is -0.368 e. The van der Waals surface area contributed by atoms with Crippen molar-refractivity contribution in [2.75, 3.05) is 25.5 Å². The number of para-hydroxylation sites is 1. The summed E-state index contributed by atoms with van der Waals surface area (Å²) in [6.07, 6.45) is 3.91. The van der Waals surface area contributed by atoms with Crippen LogP contribution in [-0.4, -0.2) is 35.1 Å². The second kappa shape index (κ2) is 8.77. The van der Waals surface area contributed by atoms with Crippen molar-refractivity contribution >= 4 is 40.8 Å². The number of fused-ring (bicyclic) bond motifs is 1. The minimum absolute atomic E-state index is 0.657. The molecule has 0 spiro atoms. The van der Waals surface area contributed by atoms with Gasteiger partial charge in [0, 0.05) is 30.4 Å². The summed E-state index contributed by atoms with van der Waals surface area (Å²) in [5.74, 6) is 7.14. The second-order valence-electron chi connectivity index (χ2n) is 5.88. The van der Waals surface area contributed by atoms with E-state index in [4.69, 9.17) is 11.0 Å². The Labute approximate surface area is 157 Å². The van der Waals surface area contributed by atoms with E-state index in [0.29, 0.717) is 12.4 Å². The Morgan fingerprint density at radius 1 is 1.08 bits per heavy atom. The fourth-order valence-electron chi connectivity index (χ4n) is 2.48. The van der Waals surface area contributed by atoms with Crippen LogP contribution in [0.3, 0.4) is 0 Å². The maximum absolute atomic E-state index is 5.67. The highest BCUT2D eigenvalue weighted by Crippen LogP contribution is 2.21. The summed E-state index contributed by atoms with van der Waals surface area (Å²) >= 11 is 1.24. The molecular formula is C19H22N6S. The van der Waals surface area contributed by atoms with Gasteiger partial charge in [0.2, 0.25) is 0 Å². The number of nitrogens with two attached hydrogens (primary N) is 2. The van der Waals surface area contributed by atoms with Gasteiger partial charge in [0.25, 0.3) is 0 Å². The SMILES string of the molecule is CN(N)CCNc1nc(/C=C/c2ccc(SN)cc2)nc2ccccc12. The number of nitrogens with zero attached hydrogens (tertiary/aromatic N) is 3.